The molecule has 0 saturated heterocycles. The van der Waals surface area contributed by atoms with E-state index in [9.17, 15) is 9.50 Å². The molecule has 1 aliphatic rings. The molecule has 0 atom stereocenters. The van der Waals surface area contributed by atoms with Gasteiger partial charge in [-0.2, -0.15) is 0 Å². The Hall–Kier alpha value is -0.705. The minimum absolute atomic E-state index is 0.141. The molecule has 14 heavy (non-hydrogen) atoms. The number of carbonyl (C=O) groups is 1. The molecule has 0 aromatic carbocycles. The van der Waals surface area contributed by atoms with E-state index in [1.807, 2.05) is 0 Å². The van der Waals surface area contributed by atoms with Crippen LogP contribution in [0.3, 0.4) is 0 Å². The Morgan fingerprint density at radius 3 is 2.50 bits per heavy atom. The molecular weight excluding hydrogens is 181 g/mol. The van der Waals surface area contributed by atoms with Crippen molar-refractivity contribution in [1.29, 1.82) is 0 Å². The van der Waals surface area contributed by atoms with Gasteiger partial charge in [-0.3, -0.25) is 0 Å². The summed E-state index contributed by atoms with van der Waals surface area (Å²) >= 11 is 0. The Morgan fingerprint density at radius 1 is 1.36 bits per heavy atom. The van der Waals surface area contributed by atoms with Crippen molar-refractivity contribution in [2.75, 3.05) is 13.0 Å². The average Bonchev–Trinajstić information content (AvgIpc) is 2.19. The molecule has 4 nitrogen and oxygen atoms in total. The van der Waals surface area contributed by atoms with Gasteiger partial charge in [-0.15, -0.1) is 0 Å². The van der Waals surface area contributed by atoms with Crippen molar-refractivity contribution in [3.8, 4) is 0 Å². The molecule has 0 heterocycles. The first-order valence-electron chi connectivity index (χ1n) is 5.11. The fraction of sp³-hybridized carbons (Fsp3) is 0.889. The van der Waals surface area contributed by atoms with Crippen molar-refractivity contribution < 1.29 is 14.6 Å². The normalized spacial score (nSPS) is 26.9. The molecule has 2 N–H and O–H groups in total. The quantitative estimate of drug-likeness (QED) is 0.496. The van der Waals surface area contributed by atoms with E-state index in [0.717, 1.165) is 39.4 Å². The van der Waals surface area contributed by atoms with Crippen LogP contribution in [0, 0.1) is 11.8 Å². The van der Waals surface area contributed by atoms with Gasteiger partial charge in [0.25, 0.3) is 0 Å². The third-order valence-corrected chi connectivity index (χ3v) is 2.86. The summed E-state index contributed by atoms with van der Waals surface area (Å²) in [6.07, 6.45) is 3.88. The van der Waals surface area contributed by atoms with E-state index in [4.69, 9.17) is 5.11 Å². The van der Waals surface area contributed by atoms with E-state index in [0.29, 0.717) is 12.4 Å². The van der Waals surface area contributed by atoms with Crippen LogP contribution < -0.4 is 5.32 Å². The van der Waals surface area contributed by atoms with E-state index in [1.165, 1.54) is 0 Å². The Bertz CT molecular complexity index is 202. The summed E-state index contributed by atoms with van der Waals surface area (Å²) in [6.45, 7) is 0.838. The Kier molecular flexibility index (Phi) is 4.80. The van der Waals surface area contributed by atoms with Crippen molar-refractivity contribution in [3.63, 3.8) is 0 Å². The van der Waals surface area contributed by atoms with Crippen molar-refractivity contribution in [3.05, 3.63) is 0 Å². The predicted molar refractivity (Wildman–Crippen MR) is 52.4 cm³/mol. The van der Waals surface area contributed by atoms with Crippen molar-refractivity contribution in [1.82, 2.24) is 5.32 Å². The van der Waals surface area contributed by atoms with Crippen LogP contribution in [-0.4, -0.2) is 31.2 Å². The Morgan fingerprint density at radius 2 is 2.00 bits per heavy atom. The number of rotatable bonds is 5. The zero-order valence-electron chi connectivity index (χ0n) is 8.24. The number of hydrogen-bond donors (Lipinski definition) is 2. The molecule has 1 fully saturated rings. The Balaban J connectivity index is 2.15. The molecule has 1 saturated carbocycles. The van der Waals surface area contributed by atoms with E-state index in [2.05, 4.69) is 5.32 Å². The van der Waals surface area contributed by atoms with E-state index >= 15 is 0 Å². The van der Waals surface area contributed by atoms with Gasteiger partial charge in [0.2, 0.25) is 0 Å². The summed E-state index contributed by atoms with van der Waals surface area (Å²) in [7, 11) is 0.850. The maximum absolute atomic E-state index is 10.7. The first-order chi connectivity index (χ1) is 6.74. The summed E-state index contributed by atoms with van der Waals surface area (Å²) in [5.74, 6) is -0.257. The van der Waals surface area contributed by atoms with Gasteiger partial charge in [0, 0.05) is 0 Å². The molecular formula is C9H16BNO3. The third kappa shape index (κ3) is 3.58. The van der Waals surface area contributed by atoms with Crippen LogP contribution in [0.2, 0.25) is 0 Å². The van der Waals surface area contributed by atoms with E-state index < -0.39 is 5.97 Å². The van der Waals surface area contributed by atoms with Gasteiger partial charge in [-0.05, 0) is 0 Å². The van der Waals surface area contributed by atoms with Gasteiger partial charge < -0.3 is 0 Å². The number of carboxylic acid groups (broad SMARTS) is 1. The fourth-order valence-electron chi connectivity index (χ4n) is 1.96. The average molecular weight is 197 g/mol. The van der Waals surface area contributed by atoms with Crippen LogP contribution in [0.15, 0.2) is 0 Å². The van der Waals surface area contributed by atoms with E-state index in [-0.39, 0.29) is 5.92 Å². The SMILES string of the molecule is O=BCNCC1CCC(C(=O)O)CC1. The molecule has 0 radical (unpaired) electrons. The van der Waals surface area contributed by atoms with Crippen LogP contribution in [-0.2, 0) is 9.50 Å². The van der Waals surface area contributed by atoms with Crippen LogP contribution >= 0.6 is 0 Å². The van der Waals surface area contributed by atoms with Crippen LogP contribution in [0.4, 0.5) is 0 Å². The zero-order chi connectivity index (χ0) is 10.4. The second-order valence-electron chi connectivity index (χ2n) is 3.88. The van der Waals surface area contributed by atoms with Gasteiger partial charge in [-0.25, -0.2) is 0 Å². The second kappa shape index (κ2) is 5.91. The summed E-state index contributed by atoms with van der Waals surface area (Å²) < 4.78 is 10.0. The minimum atomic E-state index is -0.663. The van der Waals surface area contributed by atoms with Crippen molar-refractivity contribution in [2.24, 2.45) is 11.8 Å². The van der Waals surface area contributed by atoms with Crippen molar-refractivity contribution in [2.45, 2.75) is 25.7 Å². The second-order valence-corrected chi connectivity index (χ2v) is 3.88. The summed E-state index contributed by atoms with van der Waals surface area (Å²) in [5.41, 5.74) is 0. The molecule has 0 unspecified atom stereocenters. The standard InChI is InChI=1S/C9H16BNO3/c12-9(13)8-3-1-7(2-4-8)5-11-6-10-14/h7-8,11H,1-6H2,(H,12,13). The van der Waals surface area contributed by atoms with Crippen LogP contribution in [0.5, 0.6) is 0 Å². The molecule has 78 valence electrons. The Labute approximate surface area is 84.3 Å². The summed E-state index contributed by atoms with van der Waals surface area (Å²) in [5, 5.41) is 11.8. The first kappa shape index (κ1) is 11.4. The molecule has 1 aliphatic carbocycles. The molecule has 0 bridgehead atoms. The zero-order valence-corrected chi connectivity index (χ0v) is 8.24. The summed E-state index contributed by atoms with van der Waals surface area (Å²) in [4.78, 5) is 10.7. The van der Waals surface area contributed by atoms with E-state index in [1.54, 1.807) is 0 Å². The third-order valence-electron chi connectivity index (χ3n) is 2.86. The molecule has 5 heteroatoms. The molecule has 0 aliphatic heterocycles. The first-order valence-corrected chi connectivity index (χ1v) is 5.11. The molecule has 0 spiro atoms. The maximum atomic E-state index is 10.7. The molecule has 0 aromatic heterocycles. The predicted octanol–water partition coefficient (Wildman–Crippen LogP) is 0.474. The van der Waals surface area contributed by atoms with Crippen LogP contribution in [0.25, 0.3) is 0 Å². The fourth-order valence-corrected chi connectivity index (χ4v) is 1.96. The molecule has 0 amide bonds. The number of aliphatic carboxylic acids is 1. The number of carboxylic acids is 1. The van der Waals surface area contributed by atoms with Gasteiger partial charge in [0.05, 0.1) is 0 Å². The monoisotopic (exact) mass is 197 g/mol. The van der Waals surface area contributed by atoms with Crippen LogP contribution in [0.1, 0.15) is 25.7 Å². The molecule has 0 aromatic rings. The van der Waals surface area contributed by atoms with Gasteiger partial charge >= 0.3 is 83.5 Å². The van der Waals surface area contributed by atoms with Crippen molar-refractivity contribution >= 4 is 13.1 Å². The van der Waals surface area contributed by atoms with Gasteiger partial charge in [-0.1, -0.05) is 0 Å². The van der Waals surface area contributed by atoms with Gasteiger partial charge in [0.1, 0.15) is 0 Å². The topological polar surface area (TPSA) is 66.4 Å². The molecule has 1 rings (SSSR count). The number of hydrogen-bond acceptors (Lipinski definition) is 3. The summed E-state index contributed by atoms with van der Waals surface area (Å²) in [6, 6.07) is 0. The number of nitrogens with one attached hydrogen (secondary N) is 1. The van der Waals surface area contributed by atoms with Gasteiger partial charge in [0.15, 0.2) is 0 Å².